The number of hydrazine groups is 1. The second kappa shape index (κ2) is 5.97. The van der Waals surface area contributed by atoms with Gasteiger partial charge in [0.2, 0.25) is 0 Å². The Morgan fingerprint density at radius 3 is 2.89 bits per heavy atom. The molecule has 1 aromatic rings. The van der Waals surface area contributed by atoms with Crippen molar-refractivity contribution in [2.24, 2.45) is 11.8 Å². The molecule has 1 heterocycles. The predicted molar refractivity (Wildman–Crippen MR) is 71.0 cm³/mol. The summed E-state index contributed by atoms with van der Waals surface area (Å²) in [5, 5.41) is 13.0. The number of hydrogen-bond acceptors (Lipinski definition) is 6. The number of aromatic nitrogens is 2. The lowest BCUT2D eigenvalue weighted by Crippen LogP contribution is -2.25. The predicted octanol–water partition coefficient (Wildman–Crippen LogP) is 1.03. The minimum absolute atomic E-state index is 0.140. The van der Waals surface area contributed by atoms with Gasteiger partial charge in [0.05, 0.1) is 6.10 Å². The van der Waals surface area contributed by atoms with Gasteiger partial charge in [-0.15, -0.1) is 0 Å². The van der Waals surface area contributed by atoms with Gasteiger partial charge >= 0.3 is 0 Å². The van der Waals surface area contributed by atoms with Gasteiger partial charge in [0.25, 0.3) is 0 Å². The molecule has 1 saturated carbocycles. The average molecular weight is 251 g/mol. The molecule has 0 amide bonds. The fourth-order valence-electron chi connectivity index (χ4n) is 2.46. The molecule has 6 nitrogen and oxygen atoms in total. The highest BCUT2D eigenvalue weighted by molar-refractivity contribution is 5.55. The van der Waals surface area contributed by atoms with Crippen molar-refractivity contribution >= 4 is 11.6 Å². The summed E-state index contributed by atoms with van der Waals surface area (Å²) in [5.41, 5.74) is 3.46. The van der Waals surface area contributed by atoms with Gasteiger partial charge in [-0.1, -0.05) is 6.42 Å². The second-order valence-electron chi connectivity index (χ2n) is 4.91. The van der Waals surface area contributed by atoms with Crippen LogP contribution in [0.3, 0.4) is 0 Å². The van der Waals surface area contributed by atoms with E-state index in [1.54, 1.807) is 0 Å². The third-order valence-electron chi connectivity index (χ3n) is 3.53. The first kappa shape index (κ1) is 13.0. The molecule has 6 heteroatoms. The van der Waals surface area contributed by atoms with Gasteiger partial charge in [-0.05, 0) is 32.1 Å². The van der Waals surface area contributed by atoms with Crippen molar-refractivity contribution in [3.8, 4) is 0 Å². The minimum atomic E-state index is -0.140. The molecule has 0 saturated heterocycles. The molecule has 1 aromatic heterocycles. The van der Waals surface area contributed by atoms with Crippen LogP contribution < -0.4 is 16.6 Å². The van der Waals surface area contributed by atoms with Crippen LogP contribution in [-0.4, -0.2) is 27.7 Å². The number of nitrogens with two attached hydrogens (primary N) is 1. The second-order valence-corrected chi connectivity index (χ2v) is 4.91. The maximum atomic E-state index is 9.63. The number of hydrogen-bond donors (Lipinski definition) is 4. The van der Waals surface area contributed by atoms with Gasteiger partial charge in [0.1, 0.15) is 18.0 Å². The lowest BCUT2D eigenvalue weighted by Gasteiger charge is -2.26. The molecule has 0 bridgehead atoms. The zero-order chi connectivity index (χ0) is 13.0. The highest BCUT2D eigenvalue weighted by atomic mass is 16.3. The third kappa shape index (κ3) is 3.08. The van der Waals surface area contributed by atoms with Crippen LogP contribution in [0, 0.1) is 12.8 Å². The van der Waals surface area contributed by atoms with Crippen LogP contribution in [0.4, 0.5) is 11.6 Å². The molecule has 1 aliphatic carbocycles. The monoisotopic (exact) mass is 251 g/mol. The molecule has 0 aromatic carbocycles. The van der Waals surface area contributed by atoms with Gasteiger partial charge in [-0.2, -0.15) is 0 Å². The Balaban J connectivity index is 1.93. The lowest BCUT2D eigenvalue weighted by atomic mass is 9.87. The number of rotatable bonds is 4. The van der Waals surface area contributed by atoms with Crippen LogP contribution in [0.25, 0.3) is 0 Å². The first-order chi connectivity index (χ1) is 8.70. The number of aliphatic hydroxyl groups is 1. The molecule has 1 fully saturated rings. The molecular formula is C12H21N5O. The van der Waals surface area contributed by atoms with E-state index >= 15 is 0 Å². The lowest BCUT2D eigenvalue weighted by molar-refractivity contribution is 0.104. The maximum absolute atomic E-state index is 9.63. The Bertz CT molecular complexity index is 398. The van der Waals surface area contributed by atoms with Crippen molar-refractivity contribution in [2.45, 2.75) is 38.7 Å². The van der Waals surface area contributed by atoms with Crippen LogP contribution in [-0.2, 0) is 0 Å². The molecule has 5 N–H and O–H groups in total. The topological polar surface area (TPSA) is 96.1 Å². The third-order valence-corrected chi connectivity index (χ3v) is 3.53. The van der Waals surface area contributed by atoms with Crippen LogP contribution >= 0.6 is 0 Å². The number of nitrogens with one attached hydrogen (secondary N) is 2. The quantitative estimate of drug-likeness (QED) is 0.471. The molecule has 2 unspecified atom stereocenters. The van der Waals surface area contributed by atoms with Crippen molar-refractivity contribution in [1.29, 1.82) is 0 Å². The molecule has 2 rings (SSSR count). The summed E-state index contributed by atoms with van der Waals surface area (Å²) < 4.78 is 0. The molecule has 100 valence electrons. The first-order valence-corrected chi connectivity index (χ1v) is 6.41. The zero-order valence-electron chi connectivity index (χ0n) is 10.7. The normalized spacial score (nSPS) is 23.7. The van der Waals surface area contributed by atoms with E-state index in [-0.39, 0.29) is 6.10 Å². The summed E-state index contributed by atoms with van der Waals surface area (Å²) in [6.07, 6.45) is 5.42. The van der Waals surface area contributed by atoms with Crippen LogP contribution in [0.2, 0.25) is 0 Å². The Kier molecular flexibility index (Phi) is 4.33. The number of nitrogen functional groups attached to an aromatic ring is 1. The van der Waals surface area contributed by atoms with E-state index < -0.39 is 0 Å². The average Bonchev–Trinajstić information content (AvgIpc) is 2.38. The summed E-state index contributed by atoms with van der Waals surface area (Å²) in [6.45, 7) is 2.76. The molecule has 0 aliphatic heterocycles. The van der Waals surface area contributed by atoms with Gasteiger partial charge in [0.15, 0.2) is 0 Å². The van der Waals surface area contributed by atoms with E-state index in [1.165, 1.54) is 6.33 Å². The molecular weight excluding hydrogens is 230 g/mol. The Hall–Kier alpha value is -1.40. The fraction of sp³-hybridized carbons (Fsp3) is 0.667. The van der Waals surface area contributed by atoms with Crippen molar-refractivity contribution in [3.63, 3.8) is 0 Å². The Morgan fingerprint density at radius 2 is 2.17 bits per heavy atom. The van der Waals surface area contributed by atoms with Crippen molar-refractivity contribution in [2.75, 3.05) is 17.3 Å². The van der Waals surface area contributed by atoms with Crippen LogP contribution in [0.5, 0.6) is 0 Å². The van der Waals surface area contributed by atoms with Gasteiger partial charge < -0.3 is 15.8 Å². The molecule has 2 atom stereocenters. The summed E-state index contributed by atoms with van der Waals surface area (Å²) >= 11 is 0. The van der Waals surface area contributed by atoms with Gasteiger partial charge in [-0.25, -0.2) is 15.8 Å². The largest absolute Gasteiger partial charge is 0.393 e. The van der Waals surface area contributed by atoms with Gasteiger partial charge in [-0.3, -0.25) is 0 Å². The fourth-order valence-corrected chi connectivity index (χ4v) is 2.46. The van der Waals surface area contributed by atoms with Crippen LogP contribution in [0.1, 0.15) is 31.2 Å². The highest BCUT2D eigenvalue weighted by Gasteiger charge is 2.20. The molecule has 0 radical (unpaired) electrons. The number of aliphatic hydroxyl groups excluding tert-OH is 1. The van der Waals surface area contributed by atoms with E-state index in [0.29, 0.717) is 11.7 Å². The smallest absolute Gasteiger partial charge is 0.148 e. The van der Waals surface area contributed by atoms with E-state index in [4.69, 9.17) is 5.84 Å². The summed E-state index contributed by atoms with van der Waals surface area (Å²) in [5.74, 6) is 7.33. The number of nitrogens with zero attached hydrogens (tertiary/aromatic N) is 2. The Labute approximate surface area is 107 Å². The Morgan fingerprint density at radius 1 is 1.39 bits per heavy atom. The van der Waals surface area contributed by atoms with Gasteiger partial charge in [0, 0.05) is 12.1 Å². The standard InChI is InChI=1S/C12H21N5O/c1-8-11(15-7-16-12(8)17-13)14-6-9-3-2-4-10(18)5-9/h7,9-10,18H,2-6,13H2,1H3,(H2,14,15,16,17). The summed E-state index contributed by atoms with van der Waals surface area (Å²) in [7, 11) is 0. The van der Waals surface area contributed by atoms with E-state index in [2.05, 4.69) is 20.7 Å². The van der Waals surface area contributed by atoms with Crippen LogP contribution in [0.15, 0.2) is 6.33 Å². The highest BCUT2D eigenvalue weighted by Crippen LogP contribution is 2.25. The van der Waals surface area contributed by atoms with Crippen molar-refractivity contribution in [3.05, 3.63) is 11.9 Å². The van der Waals surface area contributed by atoms with E-state index in [0.717, 1.165) is 43.6 Å². The minimum Gasteiger partial charge on any atom is -0.393 e. The molecule has 1 aliphatic rings. The van der Waals surface area contributed by atoms with E-state index in [1.807, 2.05) is 6.92 Å². The van der Waals surface area contributed by atoms with Crippen molar-refractivity contribution < 1.29 is 5.11 Å². The zero-order valence-corrected chi connectivity index (χ0v) is 10.7. The summed E-state index contributed by atoms with van der Waals surface area (Å²) in [4.78, 5) is 8.25. The number of anilines is 2. The van der Waals surface area contributed by atoms with Crippen molar-refractivity contribution in [1.82, 2.24) is 9.97 Å². The first-order valence-electron chi connectivity index (χ1n) is 6.41. The van der Waals surface area contributed by atoms with E-state index in [9.17, 15) is 5.11 Å². The SMILES string of the molecule is Cc1c(NN)ncnc1NCC1CCCC(O)C1. The molecule has 0 spiro atoms. The molecule has 18 heavy (non-hydrogen) atoms. The maximum Gasteiger partial charge on any atom is 0.148 e. The summed E-state index contributed by atoms with van der Waals surface area (Å²) in [6, 6.07) is 0.